The lowest BCUT2D eigenvalue weighted by atomic mass is 10.6. The van der Waals surface area contributed by atoms with Crippen LogP contribution in [-0.4, -0.2) is 4.98 Å². The van der Waals surface area contributed by atoms with Crippen molar-refractivity contribution in [3.63, 3.8) is 0 Å². The van der Waals surface area contributed by atoms with E-state index >= 15 is 0 Å². The Labute approximate surface area is 58.9 Å². The van der Waals surface area contributed by atoms with Crippen LogP contribution >= 0.6 is 27.3 Å². The molecule has 0 amide bonds. The number of nitriles is 1. The fraction of sp³-hybridized carbons (Fsp3) is 0. The Bertz CT molecular complexity index is 224. The Balaban J connectivity index is 3.05. The molecule has 0 aliphatic rings. The highest BCUT2D eigenvalue weighted by Crippen LogP contribution is 2.14. The summed E-state index contributed by atoms with van der Waals surface area (Å²) in [7, 11) is 0. The van der Waals surface area contributed by atoms with Crippen LogP contribution in [-0.2, 0) is 0 Å². The lowest BCUT2D eigenvalue weighted by molar-refractivity contribution is 1.31. The highest BCUT2D eigenvalue weighted by atomic mass is 79.9. The Hall–Kier alpha value is -0.400. The molecule has 0 aromatic carbocycles. The molecule has 0 fully saturated rings. The molecule has 0 radical (unpaired) electrons. The van der Waals surface area contributed by atoms with Gasteiger partial charge in [-0.15, -0.1) is 11.3 Å². The molecule has 0 aliphatic carbocycles. The zero-order chi connectivity index (χ0) is 5.98. The summed E-state index contributed by atoms with van der Waals surface area (Å²) in [5.41, 5.74) is 0.474. The van der Waals surface area contributed by atoms with Crippen LogP contribution in [0.1, 0.15) is 5.69 Å². The second kappa shape index (κ2) is 2.25. The molecule has 0 bridgehead atoms. The third-order valence-electron chi connectivity index (χ3n) is 0.591. The molecule has 0 N–H and O–H groups in total. The molecule has 2 nitrogen and oxygen atoms in total. The maximum Gasteiger partial charge on any atom is 0.160 e. The van der Waals surface area contributed by atoms with Crippen LogP contribution in [0.15, 0.2) is 9.30 Å². The van der Waals surface area contributed by atoms with Gasteiger partial charge in [0, 0.05) is 5.38 Å². The minimum atomic E-state index is 0.474. The van der Waals surface area contributed by atoms with Crippen LogP contribution in [0.25, 0.3) is 0 Å². The number of aromatic nitrogens is 1. The van der Waals surface area contributed by atoms with Crippen molar-refractivity contribution >= 4 is 27.3 Å². The molecule has 40 valence electrons. The van der Waals surface area contributed by atoms with Crippen LogP contribution in [0, 0.1) is 11.3 Å². The lowest BCUT2D eigenvalue weighted by Gasteiger charge is -1.66. The maximum atomic E-state index is 8.22. The van der Waals surface area contributed by atoms with Crippen LogP contribution in [0.5, 0.6) is 0 Å². The highest BCUT2D eigenvalue weighted by molar-refractivity contribution is 9.11. The van der Waals surface area contributed by atoms with Crippen molar-refractivity contribution in [1.82, 2.24) is 4.98 Å². The molecule has 0 atom stereocenters. The summed E-state index contributed by atoms with van der Waals surface area (Å²) in [6.45, 7) is 0. The minimum absolute atomic E-state index is 0.474. The quantitative estimate of drug-likeness (QED) is 0.623. The Kier molecular flexibility index (Phi) is 1.61. The second-order valence-electron chi connectivity index (χ2n) is 1.10. The first-order valence-corrected chi connectivity index (χ1v) is 3.51. The van der Waals surface area contributed by atoms with Crippen molar-refractivity contribution in [3.8, 4) is 6.07 Å². The number of hydrogen-bond donors (Lipinski definition) is 0. The van der Waals surface area contributed by atoms with Gasteiger partial charge in [-0.05, 0) is 15.9 Å². The van der Waals surface area contributed by atoms with Crippen molar-refractivity contribution in [2.24, 2.45) is 0 Å². The molecule has 0 saturated heterocycles. The first kappa shape index (κ1) is 5.73. The number of thiazole rings is 1. The van der Waals surface area contributed by atoms with Gasteiger partial charge in [0.1, 0.15) is 6.07 Å². The van der Waals surface area contributed by atoms with Gasteiger partial charge in [-0.25, -0.2) is 4.98 Å². The Morgan fingerprint density at radius 3 is 2.88 bits per heavy atom. The van der Waals surface area contributed by atoms with E-state index in [4.69, 9.17) is 5.26 Å². The van der Waals surface area contributed by atoms with Gasteiger partial charge in [0.2, 0.25) is 0 Å². The summed E-state index contributed by atoms with van der Waals surface area (Å²) in [4.78, 5) is 3.80. The molecule has 8 heavy (non-hydrogen) atoms. The normalized spacial score (nSPS) is 8.50. The van der Waals surface area contributed by atoms with Gasteiger partial charge in [0.15, 0.2) is 9.61 Å². The number of nitrogens with zero attached hydrogens (tertiary/aromatic N) is 2. The Morgan fingerprint density at radius 1 is 1.88 bits per heavy atom. The molecule has 1 rings (SSSR count). The van der Waals surface area contributed by atoms with E-state index in [9.17, 15) is 0 Å². The molecular formula is C4HBrN2S. The molecule has 1 heterocycles. The predicted molar refractivity (Wildman–Crippen MR) is 34.5 cm³/mol. The second-order valence-corrected chi connectivity index (χ2v) is 3.23. The first-order valence-electron chi connectivity index (χ1n) is 1.84. The standard InChI is InChI=1S/C4HBrN2S/c5-4-7-3(1-6)2-8-4/h2H. The van der Waals surface area contributed by atoms with Crippen molar-refractivity contribution in [3.05, 3.63) is 15.0 Å². The fourth-order valence-corrected chi connectivity index (χ4v) is 1.24. The lowest BCUT2D eigenvalue weighted by Crippen LogP contribution is -1.66. The number of rotatable bonds is 0. The summed E-state index contributed by atoms with van der Waals surface area (Å²) in [6.07, 6.45) is 0. The van der Waals surface area contributed by atoms with E-state index in [-0.39, 0.29) is 0 Å². The molecular weight excluding hydrogens is 188 g/mol. The van der Waals surface area contributed by atoms with Gasteiger partial charge >= 0.3 is 0 Å². The largest absolute Gasteiger partial charge is 0.218 e. The summed E-state index contributed by atoms with van der Waals surface area (Å²) in [5.74, 6) is 0. The average Bonchev–Trinajstić information content (AvgIpc) is 2.14. The molecule has 0 spiro atoms. The van der Waals surface area contributed by atoms with E-state index in [1.54, 1.807) is 5.38 Å². The molecule has 1 aromatic heterocycles. The molecule has 0 unspecified atom stereocenters. The van der Waals surface area contributed by atoms with Gasteiger partial charge in [0.05, 0.1) is 0 Å². The van der Waals surface area contributed by atoms with Gasteiger partial charge in [-0.3, -0.25) is 0 Å². The van der Waals surface area contributed by atoms with Crippen molar-refractivity contribution in [2.45, 2.75) is 0 Å². The van der Waals surface area contributed by atoms with Crippen LogP contribution in [0.2, 0.25) is 0 Å². The number of halogens is 1. The van der Waals surface area contributed by atoms with E-state index in [2.05, 4.69) is 20.9 Å². The molecule has 0 saturated carbocycles. The van der Waals surface area contributed by atoms with Gasteiger partial charge in [-0.2, -0.15) is 5.26 Å². The third kappa shape index (κ3) is 1.05. The summed E-state index contributed by atoms with van der Waals surface area (Å²) in [6, 6.07) is 1.92. The minimum Gasteiger partial charge on any atom is -0.218 e. The zero-order valence-corrected chi connectivity index (χ0v) is 6.16. The average molecular weight is 189 g/mol. The van der Waals surface area contributed by atoms with Crippen molar-refractivity contribution in [1.29, 1.82) is 5.26 Å². The number of hydrogen-bond acceptors (Lipinski definition) is 3. The first-order chi connectivity index (χ1) is 3.83. The van der Waals surface area contributed by atoms with Gasteiger partial charge in [-0.1, -0.05) is 0 Å². The van der Waals surface area contributed by atoms with Gasteiger partial charge in [0.25, 0.3) is 0 Å². The third-order valence-corrected chi connectivity index (χ3v) is 1.96. The maximum absolute atomic E-state index is 8.22. The summed E-state index contributed by atoms with van der Waals surface area (Å²) >= 11 is 4.54. The van der Waals surface area contributed by atoms with Gasteiger partial charge < -0.3 is 0 Å². The van der Waals surface area contributed by atoms with E-state index in [0.29, 0.717) is 5.69 Å². The SMILES string of the molecule is N#Cc1csc(Br)n1. The highest BCUT2D eigenvalue weighted by Gasteiger charge is 1.93. The molecule has 1 aromatic rings. The van der Waals surface area contributed by atoms with Crippen LogP contribution in [0.3, 0.4) is 0 Å². The fourth-order valence-electron chi connectivity index (χ4n) is 0.303. The molecule has 4 heteroatoms. The van der Waals surface area contributed by atoms with Crippen LogP contribution in [0.4, 0.5) is 0 Å². The van der Waals surface area contributed by atoms with E-state index < -0.39 is 0 Å². The van der Waals surface area contributed by atoms with E-state index in [1.807, 2.05) is 6.07 Å². The predicted octanol–water partition coefficient (Wildman–Crippen LogP) is 1.78. The Morgan fingerprint density at radius 2 is 2.62 bits per heavy atom. The van der Waals surface area contributed by atoms with E-state index in [1.165, 1.54) is 11.3 Å². The smallest absolute Gasteiger partial charge is 0.160 e. The van der Waals surface area contributed by atoms with Crippen molar-refractivity contribution in [2.75, 3.05) is 0 Å². The van der Waals surface area contributed by atoms with Crippen molar-refractivity contribution < 1.29 is 0 Å². The molecule has 0 aliphatic heterocycles. The monoisotopic (exact) mass is 188 g/mol. The van der Waals surface area contributed by atoms with Crippen LogP contribution < -0.4 is 0 Å². The van der Waals surface area contributed by atoms with E-state index in [0.717, 1.165) is 3.92 Å². The summed E-state index contributed by atoms with van der Waals surface area (Å²) < 4.78 is 0.758. The summed E-state index contributed by atoms with van der Waals surface area (Å²) in [5, 5.41) is 9.92. The topological polar surface area (TPSA) is 36.7 Å². The zero-order valence-electron chi connectivity index (χ0n) is 3.76.